The van der Waals surface area contributed by atoms with Gasteiger partial charge in [-0.05, 0) is 48.4 Å². The molecule has 2 aromatic rings. The van der Waals surface area contributed by atoms with Crippen LogP contribution in [0.15, 0.2) is 53.4 Å². The fourth-order valence-electron chi connectivity index (χ4n) is 2.31. The molecule has 2 aromatic carbocycles. The Morgan fingerprint density at radius 2 is 1.82 bits per heavy atom. The number of halogens is 1. The van der Waals surface area contributed by atoms with Crippen molar-refractivity contribution in [3.8, 4) is 0 Å². The highest BCUT2D eigenvalue weighted by Gasteiger charge is 2.24. The van der Waals surface area contributed by atoms with E-state index in [1.807, 2.05) is 19.1 Å². The lowest BCUT2D eigenvalue weighted by Crippen LogP contribution is -2.34. The Kier molecular flexibility index (Phi) is 7.24. The van der Waals surface area contributed by atoms with Crippen LogP contribution in [-0.4, -0.2) is 44.8 Å². The van der Waals surface area contributed by atoms with E-state index < -0.39 is 40.9 Å². The van der Waals surface area contributed by atoms with Crippen molar-refractivity contribution in [2.24, 2.45) is 0 Å². The van der Waals surface area contributed by atoms with Gasteiger partial charge in [0.05, 0.1) is 4.90 Å². The minimum atomic E-state index is -3.98. The van der Waals surface area contributed by atoms with Gasteiger partial charge in [-0.1, -0.05) is 19.1 Å². The Balaban J connectivity index is 1.87. The van der Waals surface area contributed by atoms with Crippen molar-refractivity contribution < 1.29 is 27.1 Å². The van der Waals surface area contributed by atoms with Crippen LogP contribution in [0, 0.1) is 5.82 Å². The van der Waals surface area contributed by atoms with Gasteiger partial charge in [0.25, 0.3) is 5.91 Å². The second kappa shape index (κ2) is 9.43. The maximum atomic E-state index is 12.9. The average Bonchev–Trinajstić information content (AvgIpc) is 2.66. The maximum absolute atomic E-state index is 12.9. The minimum Gasteiger partial charge on any atom is -0.455 e. The molecule has 0 spiro atoms. The minimum absolute atomic E-state index is 0.155. The first-order chi connectivity index (χ1) is 13.2. The van der Waals surface area contributed by atoms with Crippen molar-refractivity contribution in [2.75, 3.05) is 25.5 Å². The molecule has 0 radical (unpaired) electrons. The third-order valence-electron chi connectivity index (χ3n) is 3.86. The summed E-state index contributed by atoms with van der Waals surface area (Å²) in [6, 6.07) is 11.5. The topological polar surface area (TPSA) is 92.8 Å². The Labute approximate surface area is 163 Å². The first kappa shape index (κ1) is 21.5. The summed E-state index contributed by atoms with van der Waals surface area (Å²) in [6.45, 7) is 0.858. The van der Waals surface area contributed by atoms with Gasteiger partial charge in [-0.3, -0.25) is 9.59 Å². The molecule has 0 saturated heterocycles. The number of likely N-dealkylation sites (N-methyl/N-ethyl adjacent to an activating group) is 1. The van der Waals surface area contributed by atoms with E-state index in [-0.39, 0.29) is 4.90 Å². The van der Waals surface area contributed by atoms with Crippen molar-refractivity contribution in [2.45, 2.75) is 18.2 Å². The number of hydrogen-bond acceptors (Lipinski definition) is 5. The summed E-state index contributed by atoms with van der Waals surface area (Å²) in [5, 5.41) is 2.60. The summed E-state index contributed by atoms with van der Waals surface area (Å²) >= 11 is 0. The predicted molar refractivity (Wildman–Crippen MR) is 102 cm³/mol. The molecule has 0 aliphatic heterocycles. The molecule has 0 aliphatic carbocycles. The number of ether oxygens (including phenoxy) is 1. The summed E-state index contributed by atoms with van der Waals surface area (Å²) in [5.41, 5.74) is 1.62. The number of aryl methyl sites for hydroxylation is 1. The van der Waals surface area contributed by atoms with Gasteiger partial charge in [0.15, 0.2) is 6.61 Å². The summed E-state index contributed by atoms with van der Waals surface area (Å²) in [6.07, 6.45) is 0.813. The smallest absolute Gasteiger partial charge is 0.321 e. The van der Waals surface area contributed by atoms with E-state index in [2.05, 4.69) is 5.32 Å². The van der Waals surface area contributed by atoms with Crippen molar-refractivity contribution in [3.63, 3.8) is 0 Å². The lowest BCUT2D eigenvalue weighted by molar-refractivity contribution is -0.147. The number of nitrogens with one attached hydrogen (secondary N) is 1. The molecule has 0 atom stereocenters. The lowest BCUT2D eigenvalue weighted by Gasteiger charge is -2.16. The highest BCUT2D eigenvalue weighted by atomic mass is 32.2. The van der Waals surface area contributed by atoms with Crippen LogP contribution in [0.3, 0.4) is 0 Å². The van der Waals surface area contributed by atoms with Gasteiger partial charge in [0.1, 0.15) is 12.4 Å². The van der Waals surface area contributed by atoms with Gasteiger partial charge in [0, 0.05) is 12.7 Å². The van der Waals surface area contributed by atoms with Gasteiger partial charge < -0.3 is 10.1 Å². The van der Waals surface area contributed by atoms with Gasteiger partial charge in [0.2, 0.25) is 10.0 Å². The molecule has 2 rings (SSSR count). The van der Waals surface area contributed by atoms with E-state index in [0.717, 1.165) is 40.6 Å². The molecule has 0 aromatic heterocycles. The largest absolute Gasteiger partial charge is 0.455 e. The van der Waals surface area contributed by atoms with E-state index in [0.29, 0.717) is 5.69 Å². The molecule has 9 heteroatoms. The fourth-order valence-corrected chi connectivity index (χ4v) is 3.43. The number of sulfonamides is 1. The summed E-state index contributed by atoms with van der Waals surface area (Å²) in [5.74, 6) is -1.99. The molecule has 1 N–H and O–H groups in total. The molecule has 7 nitrogen and oxygen atoms in total. The van der Waals surface area contributed by atoms with Crippen molar-refractivity contribution in [3.05, 3.63) is 59.9 Å². The van der Waals surface area contributed by atoms with Crippen molar-refractivity contribution in [1.29, 1.82) is 0 Å². The number of carbonyl (C=O) groups excluding carboxylic acids is 2. The molecule has 28 heavy (non-hydrogen) atoms. The van der Waals surface area contributed by atoms with E-state index in [1.54, 1.807) is 12.1 Å². The van der Waals surface area contributed by atoms with Crippen LogP contribution in [-0.2, 0) is 30.8 Å². The molecule has 0 aliphatic rings. The zero-order valence-electron chi connectivity index (χ0n) is 15.5. The number of nitrogens with zero attached hydrogens (tertiary/aromatic N) is 1. The van der Waals surface area contributed by atoms with Gasteiger partial charge in [-0.15, -0.1) is 0 Å². The molecule has 150 valence electrons. The predicted octanol–water partition coefficient (Wildman–Crippen LogP) is 2.19. The van der Waals surface area contributed by atoms with Gasteiger partial charge >= 0.3 is 5.97 Å². The first-order valence-corrected chi connectivity index (χ1v) is 9.92. The summed E-state index contributed by atoms with van der Waals surface area (Å²) in [7, 11) is -2.79. The van der Waals surface area contributed by atoms with Crippen LogP contribution in [0.2, 0.25) is 0 Å². The Morgan fingerprint density at radius 3 is 2.46 bits per heavy atom. The summed E-state index contributed by atoms with van der Waals surface area (Å²) < 4.78 is 43.2. The van der Waals surface area contributed by atoms with E-state index >= 15 is 0 Å². The summed E-state index contributed by atoms with van der Waals surface area (Å²) in [4.78, 5) is 23.6. The quantitative estimate of drug-likeness (QED) is 0.676. The normalized spacial score (nSPS) is 11.3. The van der Waals surface area contributed by atoms with Crippen LogP contribution < -0.4 is 5.32 Å². The highest BCUT2D eigenvalue weighted by Crippen LogP contribution is 2.15. The second-order valence-corrected chi connectivity index (χ2v) is 8.02. The Hall–Kier alpha value is -2.78. The zero-order chi connectivity index (χ0) is 20.7. The van der Waals surface area contributed by atoms with Gasteiger partial charge in [-0.2, -0.15) is 4.31 Å². The molecular formula is C19H21FN2O5S. The Bertz CT molecular complexity index is 945. The number of esters is 1. The number of amides is 1. The number of anilines is 1. The van der Waals surface area contributed by atoms with E-state index in [1.165, 1.54) is 7.05 Å². The number of rotatable bonds is 8. The average molecular weight is 408 g/mol. The molecular weight excluding hydrogens is 387 g/mol. The van der Waals surface area contributed by atoms with Crippen molar-refractivity contribution in [1.82, 2.24) is 4.31 Å². The third kappa shape index (κ3) is 5.86. The zero-order valence-corrected chi connectivity index (χ0v) is 16.3. The van der Waals surface area contributed by atoms with E-state index in [4.69, 9.17) is 4.74 Å². The standard InChI is InChI=1S/C19H21FN2O5S/c1-3-14-5-4-6-16(11-14)21-18(23)13-27-19(24)12-22(2)28(25,26)17-9-7-15(20)8-10-17/h4-11H,3,12-13H2,1-2H3,(H,21,23). The molecule has 0 bridgehead atoms. The molecule has 0 fully saturated rings. The van der Waals surface area contributed by atoms with Crippen LogP contribution in [0.25, 0.3) is 0 Å². The number of benzene rings is 2. The molecule has 0 saturated carbocycles. The maximum Gasteiger partial charge on any atom is 0.321 e. The molecule has 0 unspecified atom stereocenters. The lowest BCUT2D eigenvalue weighted by atomic mass is 10.1. The van der Waals surface area contributed by atoms with Gasteiger partial charge in [-0.25, -0.2) is 12.8 Å². The Morgan fingerprint density at radius 1 is 1.14 bits per heavy atom. The molecule has 1 amide bonds. The van der Waals surface area contributed by atoms with Crippen LogP contribution in [0.1, 0.15) is 12.5 Å². The fraction of sp³-hybridized carbons (Fsp3) is 0.263. The van der Waals surface area contributed by atoms with Crippen LogP contribution in [0.4, 0.5) is 10.1 Å². The SMILES string of the molecule is CCc1cccc(NC(=O)COC(=O)CN(C)S(=O)(=O)c2ccc(F)cc2)c1. The van der Waals surface area contributed by atoms with E-state index in [9.17, 15) is 22.4 Å². The monoisotopic (exact) mass is 408 g/mol. The first-order valence-electron chi connectivity index (χ1n) is 8.48. The van der Waals surface area contributed by atoms with Crippen LogP contribution >= 0.6 is 0 Å². The number of carbonyl (C=O) groups is 2. The second-order valence-electron chi connectivity index (χ2n) is 5.98. The van der Waals surface area contributed by atoms with Crippen molar-refractivity contribution >= 4 is 27.6 Å². The number of hydrogen-bond donors (Lipinski definition) is 1. The third-order valence-corrected chi connectivity index (χ3v) is 5.67. The molecule has 0 heterocycles. The van der Waals surface area contributed by atoms with Crippen LogP contribution in [0.5, 0.6) is 0 Å². The highest BCUT2D eigenvalue weighted by molar-refractivity contribution is 7.89.